The number of aromatic amines is 1. The Hall–Kier alpha value is -1.28. The van der Waals surface area contributed by atoms with Crippen LogP contribution in [0.2, 0.25) is 0 Å². The Morgan fingerprint density at radius 2 is 2.07 bits per heavy atom. The first-order chi connectivity index (χ1) is 6.72. The van der Waals surface area contributed by atoms with Gasteiger partial charge in [0.05, 0.1) is 0 Å². The van der Waals surface area contributed by atoms with E-state index in [1.807, 2.05) is 0 Å². The van der Waals surface area contributed by atoms with E-state index in [4.69, 9.17) is 5.73 Å². The third kappa shape index (κ3) is 1.42. The molecule has 0 radical (unpaired) electrons. The first kappa shape index (κ1) is 9.28. The molecule has 0 aliphatic rings. The van der Waals surface area contributed by atoms with E-state index in [9.17, 15) is 0 Å². The predicted molar refractivity (Wildman–Crippen MR) is 60.5 cm³/mol. The number of nitrogens with two attached hydrogens (primary N) is 1. The number of nitrogens with one attached hydrogen (secondary N) is 1. The Morgan fingerprint density at radius 3 is 2.79 bits per heavy atom. The molecular formula is C12H16N2. The molecule has 0 atom stereocenters. The Morgan fingerprint density at radius 1 is 1.29 bits per heavy atom. The number of fused-ring (bicyclic) bond motifs is 1. The summed E-state index contributed by atoms with van der Waals surface area (Å²) in [7, 11) is 0. The van der Waals surface area contributed by atoms with E-state index in [0.717, 1.165) is 6.42 Å². The maximum absolute atomic E-state index is 5.53. The Labute approximate surface area is 84.1 Å². The topological polar surface area (TPSA) is 41.8 Å². The van der Waals surface area contributed by atoms with Crippen LogP contribution in [-0.4, -0.2) is 11.5 Å². The normalized spacial score (nSPS) is 11.1. The zero-order valence-electron chi connectivity index (χ0n) is 8.72. The zero-order valence-corrected chi connectivity index (χ0v) is 8.72. The SMILES string of the molecule is Cc1[nH]c2cc(CCN)ccc2c1C. The van der Waals surface area contributed by atoms with Crippen LogP contribution < -0.4 is 5.73 Å². The summed E-state index contributed by atoms with van der Waals surface area (Å²) in [4.78, 5) is 3.38. The molecule has 0 spiro atoms. The van der Waals surface area contributed by atoms with Gasteiger partial charge in [-0.2, -0.15) is 0 Å². The van der Waals surface area contributed by atoms with Crippen LogP contribution in [0.4, 0.5) is 0 Å². The van der Waals surface area contributed by atoms with Crippen LogP contribution in [0.25, 0.3) is 10.9 Å². The number of benzene rings is 1. The molecule has 2 heteroatoms. The number of H-pyrrole nitrogens is 1. The van der Waals surface area contributed by atoms with Crippen LogP contribution in [0.5, 0.6) is 0 Å². The highest BCUT2D eigenvalue weighted by atomic mass is 14.7. The van der Waals surface area contributed by atoms with Gasteiger partial charge in [0.1, 0.15) is 0 Å². The summed E-state index contributed by atoms with van der Waals surface area (Å²) < 4.78 is 0. The van der Waals surface area contributed by atoms with E-state index in [1.165, 1.54) is 27.7 Å². The fraction of sp³-hybridized carbons (Fsp3) is 0.333. The van der Waals surface area contributed by atoms with Gasteiger partial charge in [0.25, 0.3) is 0 Å². The summed E-state index contributed by atoms with van der Waals surface area (Å²) in [5.41, 5.74) is 10.7. The van der Waals surface area contributed by atoms with E-state index in [2.05, 4.69) is 37.0 Å². The maximum atomic E-state index is 5.53. The maximum Gasteiger partial charge on any atom is 0.0461 e. The molecule has 2 aromatic rings. The molecule has 1 heterocycles. The second-order valence-electron chi connectivity index (χ2n) is 3.79. The van der Waals surface area contributed by atoms with E-state index in [0.29, 0.717) is 6.54 Å². The summed E-state index contributed by atoms with van der Waals surface area (Å²) in [6.45, 7) is 4.97. The lowest BCUT2D eigenvalue weighted by molar-refractivity contribution is 0.970. The lowest BCUT2D eigenvalue weighted by atomic mass is 10.1. The van der Waals surface area contributed by atoms with Crippen molar-refractivity contribution in [1.82, 2.24) is 4.98 Å². The molecule has 0 fully saturated rings. The van der Waals surface area contributed by atoms with Crippen molar-refractivity contribution in [3.8, 4) is 0 Å². The summed E-state index contributed by atoms with van der Waals surface area (Å²) in [5.74, 6) is 0. The molecule has 0 bridgehead atoms. The molecule has 1 aromatic carbocycles. The number of rotatable bonds is 2. The minimum Gasteiger partial charge on any atom is -0.358 e. The molecule has 0 saturated heterocycles. The summed E-state index contributed by atoms with van der Waals surface area (Å²) in [6.07, 6.45) is 0.951. The van der Waals surface area contributed by atoms with Crippen molar-refractivity contribution in [3.63, 3.8) is 0 Å². The van der Waals surface area contributed by atoms with Crippen LogP contribution in [0.15, 0.2) is 18.2 Å². The molecule has 2 nitrogen and oxygen atoms in total. The molecule has 0 aliphatic carbocycles. The summed E-state index contributed by atoms with van der Waals surface area (Å²) >= 11 is 0. The number of hydrogen-bond acceptors (Lipinski definition) is 1. The highest BCUT2D eigenvalue weighted by Crippen LogP contribution is 2.22. The summed E-state index contributed by atoms with van der Waals surface area (Å²) in [6, 6.07) is 6.54. The number of aromatic nitrogens is 1. The Balaban J connectivity index is 2.56. The fourth-order valence-electron chi connectivity index (χ4n) is 1.84. The van der Waals surface area contributed by atoms with E-state index < -0.39 is 0 Å². The van der Waals surface area contributed by atoms with Crippen LogP contribution in [-0.2, 0) is 6.42 Å². The molecule has 1 aromatic heterocycles. The van der Waals surface area contributed by atoms with Crippen molar-refractivity contribution in [1.29, 1.82) is 0 Å². The van der Waals surface area contributed by atoms with Gasteiger partial charge in [0.15, 0.2) is 0 Å². The first-order valence-electron chi connectivity index (χ1n) is 5.00. The third-order valence-electron chi connectivity index (χ3n) is 2.81. The third-order valence-corrected chi connectivity index (χ3v) is 2.81. The molecule has 74 valence electrons. The van der Waals surface area contributed by atoms with Crippen molar-refractivity contribution < 1.29 is 0 Å². The Kier molecular flexibility index (Phi) is 2.30. The second-order valence-corrected chi connectivity index (χ2v) is 3.79. The van der Waals surface area contributed by atoms with Gasteiger partial charge in [-0.15, -0.1) is 0 Å². The van der Waals surface area contributed by atoms with Crippen molar-refractivity contribution >= 4 is 10.9 Å². The lowest BCUT2D eigenvalue weighted by Gasteiger charge is -1.98. The molecule has 0 saturated carbocycles. The first-order valence-corrected chi connectivity index (χ1v) is 5.00. The standard InChI is InChI=1S/C12H16N2/c1-8-9(2)14-12-7-10(5-6-13)3-4-11(8)12/h3-4,7,14H,5-6,13H2,1-2H3. The number of hydrogen-bond donors (Lipinski definition) is 2. The van der Waals surface area contributed by atoms with Gasteiger partial charge in [-0.25, -0.2) is 0 Å². The predicted octanol–water partition coefficient (Wildman–Crippen LogP) is 2.29. The van der Waals surface area contributed by atoms with E-state index >= 15 is 0 Å². The van der Waals surface area contributed by atoms with Crippen LogP contribution in [0, 0.1) is 13.8 Å². The van der Waals surface area contributed by atoms with Gasteiger partial charge < -0.3 is 10.7 Å². The second kappa shape index (κ2) is 3.46. The van der Waals surface area contributed by atoms with Crippen LogP contribution in [0.3, 0.4) is 0 Å². The minimum atomic E-state index is 0.712. The quantitative estimate of drug-likeness (QED) is 0.746. The summed E-state index contributed by atoms with van der Waals surface area (Å²) in [5, 5.41) is 1.32. The van der Waals surface area contributed by atoms with Crippen LogP contribution >= 0.6 is 0 Å². The molecule has 14 heavy (non-hydrogen) atoms. The fourth-order valence-corrected chi connectivity index (χ4v) is 1.84. The van der Waals surface area contributed by atoms with Gasteiger partial charge in [0, 0.05) is 16.6 Å². The zero-order chi connectivity index (χ0) is 10.1. The average molecular weight is 188 g/mol. The van der Waals surface area contributed by atoms with Gasteiger partial charge in [-0.3, -0.25) is 0 Å². The number of aryl methyl sites for hydroxylation is 2. The van der Waals surface area contributed by atoms with E-state index in [-0.39, 0.29) is 0 Å². The van der Waals surface area contributed by atoms with Gasteiger partial charge in [-0.05, 0) is 44.0 Å². The van der Waals surface area contributed by atoms with Gasteiger partial charge in [-0.1, -0.05) is 12.1 Å². The van der Waals surface area contributed by atoms with Crippen molar-refractivity contribution in [3.05, 3.63) is 35.0 Å². The lowest BCUT2D eigenvalue weighted by Crippen LogP contribution is -2.02. The van der Waals surface area contributed by atoms with E-state index in [1.54, 1.807) is 0 Å². The monoisotopic (exact) mass is 188 g/mol. The molecular weight excluding hydrogens is 172 g/mol. The van der Waals surface area contributed by atoms with Gasteiger partial charge >= 0.3 is 0 Å². The largest absolute Gasteiger partial charge is 0.358 e. The highest BCUT2D eigenvalue weighted by Gasteiger charge is 2.03. The Bertz CT molecular complexity index is 455. The molecule has 0 amide bonds. The average Bonchev–Trinajstić information content (AvgIpc) is 2.43. The molecule has 0 aliphatic heterocycles. The molecule has 0 unspecified atom stereocenters. The smallest absolute Gasteiger partial charge is 0.0461 e. The molecule has 3 N–H and O–H groups in total. The van der Waals surface area contributed by atoms with Crippen LogP contribution in [0.1, 0.15) is 16.8 Å². The van der Waals surface area contributed by atoms with Crippen molar-refractivity contribution in [2.24, 2.45) is 5.73 Å². The molecule has 2 rings (SSSR count). The highest BCUT2D eigenvalue weighted by molar-refractivity contribution is 5.84. The van der Waals surface area contributed by atoms with Gasteiger partial charge in [0.2, 0.25) is 0 Å². The van der Waals surface area contributed by atoms with Crippen molar-refractivity contribution in [2.45, 2.75) is 20.3 Å². The van der Waals surface area contributed by atoms with Crippen molar-refractivity contribution in [2.75, 3.05) is 6.54 Å². The minimum absolute atomic E-state index is 0.712.